The van der Waals surface area contributed by atoms with Gasteiger partial charge in [-0.15, -0.1) is 11.3 Å². The lowest BCUT2D eigenvalue weighted by atomic mass is 10.3. The fourth-order valence-electron chi connectivity index (χ4n) is 1.54. The van der Waals surface area contributed by atoms with Crippen LogP contribution in [-0.4, -0.2) is 20.7 Å². The molecule has 1 amide bonds. The molecule has 2 rings (SSSR count). The van der Waals surface area contributed by atoms with Gasteiger partial charge in [0, 0.05) is 29.4 Å². The van der Waals surface area contributed by atoms with Gasteiger partial charge >= 0.3 is 0 Å². The van der Waals surface area contributed by atoms with Gasteiger partial charge in [0.1, 0.15) is 0 Å². The van der Waals surface area contributed by atoms with Crippen molar-refractivity contribution < 1.29 is 4.79 Å². The van der Waals surface area contributed by atoms with E-state index in [1.54, 1.807) is 10.7 Å². The molecule has 5 nitrogen and oxygen atoms in total. The van der Waals surface area contributed by atoms with E-state index in [1.807, 2.05) is 20.0 Å². The lowest BCUT2D eigenvalue weighted by Gasteiger charge is -2.01. The normalized spacial score (nSPS) is 10.6. The van der Waals surface area contributed by atoms with Crippen LogP contribution in [0.15, 0.2) is 12.3 Å². The maximum absolute atomic E-state index is 11.8. The van der Waals surface area contributed by atoms with Crippen molar-refractivity contribution in [3.8, 4) is 0 Å². The molecule has 0 radical (unpaired) electrons. The number of H-pyrrole nitrogens is 1. The van der Waals surface area contributed by atoms with Crippen molar-refractivity contribution in [1.82, 2.24) is 14.8 Å². The predicted molar refractivity (Wildman–Crippen MR) is 74.5 cm³/mol. The summed E-state index contributed by atoms with van der Waals surface area (Å²) in [7, 11) is 0. The van der Waals surface area contributed by atoms with E-state index >= 15 is 0 Å². The van der Waals surface area contributed by atoms with Crippen LogP contribution in [0.1, 0.15) is 17.5 Å². The van der Waals surface area contributed by atoms with Gasteiger partial charge in [-0.3, -0.25) is 9.48 Å². The fraction of sp³-hybridized carbons (Fsp3) is 0.364. The molecule has 7 heteroatoms. The van der Waals surface area contributed by atoms with E-state index < -0.39 is 0 Å². The van der Waals surface area contributed by atoms with Gasteiger partial charge in [-0.25, -0.2) is 0 Å². The molecule has 2 aromatic heterocycles. The van der Waals surface area contributed by atoms with Gasteiger partial charge in [0.05, 0.1) is 6.42 Å². The van der Waals surface area contributed by atoms with Crippen molar-refractivity contribution in [3.05, 3.63) is 26.8 Å². The highest BCUT2D eigenvalue weighted by atomic mass is 32.1. The zero-order valence-corrected chi connectivity index (χ0v) is 11.8. The van der Waals surface area contributed by atoms with Crippen molar-refractivity contribution in [2.45, 2.75) is 26.8 Å². The maximum atomic E-state index is 11.8. The zero-order valence-electron chi connectivity index (χ0n) is 10.2. The lowest BCUT2D eigenvalue weighted by molar-refractivity contribution is -0.115. The van der Waals surface area contributed by atoms with Crippen LogP contribution in [0.25, 0.3) is 0 Å². The van der Waals surface area contributed by atoms with Crippen molar-refractivity contribution in [2.75, 3.05) is 5.32 Å². The number of carbonyl (C=O) groups excluding carboxylic acids is 1. The minimum absolute atomic E-state index is 0.0790. The molecule has 0 aliphatic rings. The zero-order chi connectivity index (χ0) is 13.1. The molecule has 0 aliphatic carbocycles. The monoisotopic (exact) mass is 282 g/mol. The molecule has 18 heavy (non-hydrogen) atoms. The van der Waals surface area contributed by atoms with Gasteiger partial charge in [0.25, 0.3) is 0 Å². The Balaban J connectivity index is 2.00. The first-order valence-electron chi connectivity index (χ1n) is 5.60. The molecule has 2 heterocycles. The van der Waals surface area contributed by atoms with Gasteiger partial charge in [-0.05, 0) is 26.1 Å². The molecule has 2 N–H and O–H groups in total. The Labute approximate surface area is 114 Å². The molecule has 0 atom stereocenters. The number of nitrogens with one attached hydrogen (secondary N) is 2. The van der Waals surface area contributed by atoms with Gasteiger partial charge in [-0.1, -0.05) is 0 Å². The van der Waals surface area contributed by atoms with Crippen LogP contribution in [0.4, 0.5) is 5.82 Å². The van der Waals surface area contributed by atoms with Crippen LogP contribution in [-0.2, 0) is 17.8 Å². The summed E-state index contributed by atoms with van der Waals surface area (Å²) in [6.45, 7) is 4.70. The molecular formula is C11H14N4OS2. The van der Waals surface area contributed by atoms with E-state index in [1.165, 1.54) is 11.3 Å². The van der Waals surface area contributed by atoms with Gasteiger partial charge < -0.3 is 10.3 Å². The Morgan fingerprint density at radius 2 is 2.44 bits per heavy atom. The SMILES string of the molecule is CCn1ccc(NC(=O)Cc2sc(=S)[nH]c2C)n1. The highest BCUT2D eigenvalue weighted by molar-refractivity contribution is 7.73. The minimum atomic E-state index is -0.0790. The number of aromatic amines is 1. The molecule has 0 saturated carbocycles. The molecule has 0 fully saturated rings. The number of nitrogens with zero attached hydrogens (tertiary/aromatic N) is 2. The summed E-state index contributed by atoms with van der Waals surface area (Å²) in [6.07, 6.45) is 2.16. The fourth-order valence-corrected chi connectivity index (χ4v) is 2.83. The second-order valence-corrected chi connectivity index (χ2v) is 5.62. The average molecular weight is 282 g/mol. The summed E-state index contributed by atoms with van der Waals surface area (Å²) < 4.78 is 2.46. The van der Waals surface area contributed by atoms with Crippen LogP contribution >= 0.6 is 23.6 Å². The third-order valence-electron chi connectivity index (χ3n) is 2.48. The standard InChI is InChI=1S/C11H14N4OS2/c1-3-15-5-4-9(14-15)13-10(16)6-8-7(2)12-11(17)18-8/h4-5H,3,6H2,1-2H3,(H,12,17)(H,13,14,16). The molecule has 0 aliphatic heterocycles. The number of hydrogen-bond acceptors (Lipinski definition) is 4. The van der Waals surface area contributed by atoms with E-state index in [-0.39, 0.29) is 5.91 Å². The minimum Gasteiger partial charge on any atom is -0.341 e. The quantitative estimate of drug-likeness (QED) is 0.847. The number of thiazole rings is 1. The Morgan fingerprint density at radius 3 is 3.00 bits per heavy atom. The second-order valence-electron chi connectivity index (χ2n) is 3.84. The molecule has 0 unspecified atom stereocenters. The summed E-state index contributed by atoms with van der Waals surface area (Å²) in [5, 5.41) is 6.97. The topological polar surface area (TPSA) is 62.7 Å². The summed E-state index contributed by atoms with van der Waals surface area (Å²) in [6, 6.07) is 1.79. The van der Waals surface area contributed by atoms with E-state index in [0.717, 1.165) is 17.1 Å². The van der Waals surface area contributed by atoms with E-state index in [4.69, 9.17) is 12.2 Å². The highest BCUT2D eigenvalue weighted by Crippen LogP contribution is 2.15. The number of anilines is 1. The van der Waals surface area contributed by atoms with Gasteiger partial charge in [-0.2, -0.15) is 5.10 Å². The predicted octanol–water partition coefficient (Wildman–Crippen LogP) is 2.51. The van der Waals surface area contributed by atoms with E-state index in [9.17, 15) is 4.79 Å². The molecule has 0 saturated heterocycles. The number of aromatic nitrogens is 3. The van der Waals surface area contributed by atoms with Gasteiger partial charge in [0.2, 0.25) is 5.91 Å². The van der Waals surface area contributed by atoms with Crippen LogP contribution in [0, 0.1) is 10.9 Å². The average Bonchev–Trinajstić information content (AvgIpc) is 2.86. The Hall–Kier alpha value is -1.47. The van der Waals surface area contributed by atoms with Crippen molar-refractivity contribution in [3.63, 3.8) is 0 Å². The third-order valence-corrected chi connectivity index (χ3v) is 3.81. The Bertz CT molecular complexity index is 611. The van der Waals surface area contributed by atoms with Crippen molar-refractivity contribution >= 4 is 35.3 Å². The largest absolute Gasteiger partial charge is 0.341 e. The maximum Gasteiger partial charge on any atom is 0.230 e. The van der Waals surface area contributed by atoms with Crippen LogP contribution in [0.5, 0.6) is 0 Å². The number of rotatable bonds is 4. The first-order valence-corrected chi connectivity index (χ1v) is 6.83. The van der Waals surface area contributed by atoms with Crippen LogP contribution in [0.3, 0.4) is 0 Å². The summed E-state index contributed by atoms with van der Waals surface area (Å²) in [5.41, 5.74) is 0.958. The van der Waals surface area contributed by atoms with Crippen molar-refractivity contribution in [2.24, 2.45) is 0 Å². The van der Waals surface area contributed by atoms with Crippen LogP contribution in [0.2, 0.25) is 0 Å². The Kier molecular flexibility index (Phi) is 3.93. The number of carbonyl (C=O) groups is 1. The first-order chi connectivity index (χ1) is 8.58. The number of aryl methyl sites for hydroxylation is 2. The Morgan fingerprint density at radius 1 is 1.67 bits per heavy atom. The van der Waals surface area contributed by atoms with E-state index in [2.05, 4.69) is 15.4 Å². The molecule has 0 aromatic carbocycles. The van der Waals surface area contributed by atoms with Crippen molar-refractivity contribution in [1.29, 1.82) is 0 Å². The number of hydrogen-bond donors (Lipinski definition) is 2. The highest BCUT2D eigenvalue weighted by Gasteiger charge is 2.10. The molecule has 0 spiro atoms. The molecule has 0 bridgehead atoms. The first kappa shape index (κ1) is 13.0. The number of amides is 1. The summed E-state index contributed by atoms with van der Waals surface area (Å²) in [4.78, 5) is 15.8. The van der Waals surface area contributed by atoms with E-state index in [0.29, 0.717) is 16.2 Å². The smallest absolute Gasteiger partial charge is 0.230 e. The molecular weight excluding hydrogens is 268 g/mol. The van der Waals surface area contributed by atoms with Gasteiger partial charge in [0.15, 0.2) is 9.77 Å². The lowest BCUT2D eigenvalue weighted by Crippen LogP contribution is -2.15. The summed E-state index contributed by atoms with van der Waals surface area (Å²) in [5.74, 6) is 0.503. The third kappa shape index (κ3) is 3.05. The molecule has 96 valence electrons. The molecule has 2 aromatic rings. The second kappa shape index (κ2) is 5.45. The van der Waals surface area contributed by atoms with Crippen LogP contribution < -0.4 is 5.32 Å². The summed E-state index contributed by atoms with van der Waals surface area (Å²) >= 11 is 6.47.